The van der Waals surface area contributed by atoms with Crippen LogP contribution in [0.25, 0.3) is 4.96 Å². The van der Waals surface area contributed by atoms with Crippen LogP contribution in [-0.2, 0) is 11.3 Å². The summed E-state index contributed by atoms with van der Waals surface area (Å²) in [6.45, 7) is 4.81. The van der Waals surface area contributed by atoms with E-state index in [0.717, 1.165) is 37.2 Å². The number of fused-ring (bicyclic) bond motifs is 1. The van der Waals surface area contributed by atoms with Gasteiger partial charge in [-0.2, -0.15) is 11.3 Å². The van der Waals surface area contributed by atoms with E-state index in [1.165, 1.54) is 22.7 Å². The SMILES string of the molecule is O=C(c1ccsc1)N1CCC(C(=O)N2CCN(Cc3cc(=O)n4ccsc4n3)CC2)CC1. The first-order valence-electron chi connectivity index (χ1n) is 10.9. The van der Waals surface area contributed by atoms with Gasteiger partial charge in [0.15, 0.2) is 4.96 Å². The predicted molar refractivity (Wildman–Crippen MR) is 124 cm³/mol. The fourth-order valence-electron chi connectivity index (χ4n) is 4.48. The van der Waals surface area contributed by atoms with Gasteiger partial charge in [-0.05, 0) is 24.3 Å². The summed E-state index contributed by atoms with van der Waals surface area (Å²) >= 11 is 2.98. The van der Waals surface area contributed by atoms with E-state index in [1.54, 1.807) is 16.7 Å². The highest BCUT2D eigenvalue weighted by molar-refractivity contribution is 7.15. The Morgan fingerprint density at radius 1 is 1.03 bits per heavy atom. The summed E-state index contributed by atoms with van der Waals surface area (Å²) < 4.78 is 1.56. The fourth-order valence-corrected chi connectivity index (χ4v) is 5.85. The fraction of sp³-hybridized carbons (Fsp3) is 0.455. The van der Waals surface area contributed by atoms with Gasteiger partial charge in [0.25, 0.3) is 11.5 Å². The molecule has 2 aliphatic rings. The highest BCUT2D eigenvalue weighted by Gasteiger charge is 2.32. The van der Waals surface area contributed by atoms with E-state index in [4.69, 9.17) is 0 Å². The van der Waals surface area contributed by atoms with Crippen molar-refractivity contribution in [2.45, 2.75) is 19.4 Å². The van der Waals surface area contributed by atoms with Gasteiger partial charge in [0.05, 0.1) is 11.3 Å². The average molecular weight is 472 g/mol. The molecule has 0 atom stereocenters. The molecule has 10 heteroatoms. The van der Waals surface area contributed by atoms with Crippen LogP contribution in [0.3, 0.4) is 0 Å². The molecule has 0 aliphatic carbocycles. The number of nitrogens with zero attached hydrogens (tertiary/aromatic N) is 5. The van der Waals surface area contributed by atoms with Crippen LogP contribution in [0, 0.1) is 5.92 Å². The third-order valence-corrected chi connectivity index (χ3v) is 7.77. The molecule has 2 amide bonds. The standard InChI is InChI=1S/C22H25N5O3S2/c28-19-13-18(23-22-27(19)10-12-32-22)14-24-6-8-26(9-7-24)20(29)16-1-4-25(5-2-16)21(30)17-3-11-31-15-17/h3,10-13,15-16H,1-2,4-9,14H2. The molecule has 2 fully saturated rings. The second-order valence-corrected chi connectivity index (χ2v) is 9.97. The summed E-state index contributed by atoms with van der Waals surface area (Å²) in [6.07, 6.45) is 3.19. The van der Waals surface area contributed by atoms with Crippen molar-refractivity contribution in [1.29, 1.82) is 0 Å². The Labute approximate surface area is 193 Å². The lowest BCUT2D eigenvalue weighted by Gasteiger charge is -2.38. The van der Waals surface area contributed by atoms with Gasteiger partial charge >= 0.3 is 0 Å². The lowest BCUT2D eigenvalue weighted by atomic mass is 9.94. The van der Waals surface area contributed by atoms with Crippen LogP contribution in [0.2, 0.25) is 0 Å². The minimum atomic E-state index is -0.0520. The number of amides is 2. The number of rotatable bonds is 4. The summed E-state index contributed by atoms with van der Waals surface area (Å²) in [4.78, 5) is 49.1. The van der Waals surface area contributed by atoms with Crippen LogP contribution in [0.5, 0.6) is 0 Å². The molecule has 0 N–H and O–H groups in total. The Bertz CT molecular complexity index is 1160. The Morgan fingerprint density at radius 3 is 2.53 bits per heavy atom. The molecule has 32 heavy (non-hydrogen) atoms. The monoisotopic (exact) mass is 471 g/mol. The number of piperazine rings is 1. The van der Waals surface area contributed by atoms with E-state index in [1.807, 2.05) is 32.0 Å². The Morgan fingerprint density at radius 2 is 1.81 bits per heavy atom. The lowest BCUT2D eigenvalue weighted by molar-refractivity contribution is -0.138. The molecule has 8 nitrogen and oxygen atoms in total. The number of hydrogen-bond donors (Lipinski definition) is 0. The smallest absolute Gasteiger partial charge is 0.258 e. The molecule has 2 saturated heterocycles. The van der Waals surface area contributed by atoms with E-state index in [2.05, 4.69) is 9.88 Å². The van der Waals surface area contributed by atoms with Gasteiger partial charge in [0.2, 0.25) is 5.91 Å². The predicted octanol–water partition coefficient (Wildman–Crippen LogP) is 2.01. The van der Waals surface area contributed by atoms with Crippen molar-refractivity contribution in [3.05, 3.63) is 56.1 Å². The zero-order chi connectivity index (χ0) is 22.1. The molecule has 0 spiro atoms. The molecule has 0 radical (unpaired) electrons. The van der Waals surface area contributed by atoms with Gasteiger partial charge in [-0.3, -0.25) is 23.7 Å². The van der Waals surface area contributed by atoms with Crippen molar-refractivity contribution in [3.63, 3.8) is 0 Å². The third kappa shape index (κ3) is 4.35. The van der Waals surface area contributed by atoms with Gasteiger partial charge in [-0.1, -0.05) is 0 Å². The van der Waals surface area contributed by atoms with Crippen LogP contribution in [0.15, 0.2) is 39.3 Å². The molecule has 3 aromatic heterocycles. The first kappa shape index (κ1) is 21.3. The molecular formula is C22H25N5O3S2. The van der Waals surface area contributed by atoms with Crippen molar-refractivity contribution in [2.24, 2.45) is 5.92 Å². The largest absolute Gasteiger partial charge is 0.340 e. The number of likely N-dealkylation sites (tertiary alicyclic amines) is 1. The van der Waals surface area contributed by atoms with Crippen molar-refractivity contribution in [2.75, 3.05) is 39.3 Å². The van der Waals surface area contributed by atoms with Crippen LogP contribution in [0.4, 0.5) is 0 Å². The lowest BCUT2D eigenvalue weighted by Crippen LogP contribution is -2.51. The van der Waals surface area contributed by atoms with Crippen molar-refractivity contribution in [3.8, 4) is 0 Å². The summed E-state index contributed by atoms with van der Waals surface area (Å²) in [7, 11) is 0. The van der Waals surface area contributed by atoms with E-state index in [9.17, 15) is 14.4 Å². The number of hydrogen-bond acceptors (Lipinski definition) is 7. The van der Waals surface area contributed by atoms with Gasteiger partial charge in [-0.25, -0.2) is 4.98 Å². The number of aromatic nitrogens is 2. The first-order valence-corrected chi connectivity index (χ1v) is 12.7. The Kier molecular flexibility index (Phi) is 6.07. The second-order valence-electron chi connectivity index (χ2n) is 8.32. The zero-order valence-corrected chi connectivity index (χ0v) is 19.3. The number of carbonyl (C=O) groups is 2. The summed E-state index contributed by atoms with van der Waals surface area (Å²) in [5.41, 5.74) is 1.47. The van der Waals surface area contributed by atoms with E-state index in [0.29, 0.717) is 37.7 Å². The maximum Gasteiger partial charge on any atom is 0.258 e. The molecule has 2 aliphatic heterocycles. The number of piperidine rings is 1. The Hall–Kier alpha value is -2.56. The topological polar surface area (TPSA) is 78.2 Å². The van der Waals surface area contributed by atoms with Gasteiger partial charge < -0.3 is 9.80 Å². The normalized spacial score (nSPS) is 18.4. The number of carbonyl (C=O) groups excluding carboxylic acids is 2. The molecule has 5 heterocycles. The van der Waals surface area contributed by atoms with Crippen LogP contribution < -0.4 is 5.56 Å². The first-order chi connectivity index (χ1) is 15.6. The molecular weight excluding hydrogens is 446 g/mol. The van der Waals surface area contributed by atoms with E-state index >= 15 is 0 Å². The molecule has 168 valence electrons. The van der Waals surface area contributed by atoms with Crippen LogP contribution >= 0.6 is 22.7 Å². The van der Waals surface area contributed by atoms with Crippen LogP contribution in [-0.4, -0.2) is 75.2 Å². The molecule has 0 bridgehead atoms. The number of thiazole rings is 1. The van der Waals surface area contributed by atoms with Crippen molar-refractivity contribution >= 4 is 39.4 Å². The molecule has 5 rings (SSSR count). The third-order valence-electron chi connectivity index (χ3n) is 6.33. The van der Waals surface area contributed by atoms with Gasteiger partial charge in [-0.15, -0.1) is 11.3 Å². The second kappa shape index (κ2) is 9.13. The summed E-state index contributed by atoms with van der Waals surface area (Å²) in [5.74, 6) is 0.277. The summed E-state index contributed by atoms with van der Waals surface area (Å²) in [6, 6.07) is 3.46. The molecule has 0 unspecified atom stereocenters. The van der Waals surface area contributed by atoms with E-state index in [-0.39, 0.29) is 23.3 Å². The van der Waals surface area contributed by atoms with Gasteiger partial charge in [0.1, 0.15) is 0 Å². The van der Waals surface area contributed by atoms with Gasteiger partial charge in [0, 0.05) is 74.8 Å². The average Bonchev–Trinajstić information content (AvgIpc) is 3.51. The quantitative estimate of drug-likeness (QED) is 0.582. The highest BCUT2D eigenvalue weighted by atomic mass is 32.1. The summed E-state index contributed by atoms with van der Waals surface area (Å²) in [5, 5.41) is 5.66. The maximum atomic E-state index is 13.0. The molecule has 0 saturated carbocycles. The highest BCUT2D eigenvalue weighted by Crippen LogP contribution is 2.23. The minimum Gasteiger partial charge on any atom is -0.340 e. The number of thiophene rings is 1. The van der Waals surface area contributed by atoms with Crippen molar-refractivity contribution < 1.29 is 9.59 Å². The Balaban J connectivity index is 1.11. The maximum absolute atomic E-state index is 13.0. The van der Waals surface area contributed by atoms with Crippen molar-refractivity contribution in [1.82, 2.24) is 24.1 Å². The van der Waals surface area contributed by atoms with E-state index < -0.39 is 0 Å². The minimum absolute atomic E-state index is 0.00368. The molecule has 0 aromatic carbocycles. The van der Waals surface area contributed by atoms with Crippen LogP contribution in [0.1, 0.15) is 28.9 Å². The zero-order valence-electron chi connectivity index (χ0n) is 17.7. The molecule has 3 aromatic rings.